The number of aryl methyl sites for hydroxylation is 1. The Kier molecular flexibility index (Phi) is 6.79. The Morgan fingerprint density at radius 3 is 2.51 bits per heavy atom. The molecule has 1 aliphatic heterocycles. The summed E-state index contributed by atoms with van der Waals surface area (Å²) in [5.41, 5.74) is 7.75. The molecule has 2 aromatic heterocycles. The molecular weight excluding hydrogens is 486 g/mol. The van der Waals surface area contributed by atoms with E-state index >= 15 is 0 Å². The van der Waals surface area contributed by atoms with Crippen LogP contribution in [0.15, 0.2) is 41.8 Å². The number of hydrogen-bond donors (Lipinski definition) is 1. The fourth-order valence-electron chi connectivity index (χ4n) is 3.65. The summed E-state index contributed by atoms with van der Waals surface area (Å²) in [4.78, 5) is 12.7. The highest BCUT2D eigenvalue weighted by molar-refractivity contribution is 7.86. The van der Waals surface area contributed by atoms with E-state index in [1.807, 2.05) is 6.92 Å². The predicted molar refractivity (Wildman–Crippen MR) is 135 cm³/mol. The van der Waals surface area contributed by atoms with E-state index in [1.54, 1.807) is 16.7 Å². The van der Waals surface area contributed by atoms with Crippen LogP contribution >= 0.6 is 0 Å². The molecule has 3 aromatic rings. The van der Waals surface area contributed by atoms with Crippen LogP contribution in [0.3, 0.4) is 0 Å². The molecule has 0 saturated carbocycles. The second-order valence-corrected chi connectivity index (χ2v) is 16.8. The molecule has 0 unspecified atom stereocenters. The highest BCUT2D eigenvalue weighted by Crippen LogP contribution is 2.39. The summed E-state index contributed by atoms with van der Waals surface area (Å²) in [5.74, 6) is 0.231. The number of ether oxygens (including phenoxy) is 1. The third-order valence-corrected chi connectivity index (χ3v) is 12.7. The molecule has 3 atom stereocenters. The van der Waals surface area contributed by atoms with Crippen LogP contribution in [-0.2, 0) is 23.5 Å². The summed E-state index contributed by atoms with van der Waals surface area (Å²) in [6.07, 6.45) is 1.20. The maximum Gasteiger partial charge on any atom is 0.297 e. The van der Waals surface area contributed by atoms with Crippen molar-refractivity contribution in [3.05, 3.63) is 42.5 Å². The van der Waals surface area contributed by atoms with Crippen LogP contribution in [0.2, 0.25) is 18.1 Å². The zero-order chi connectivity index (χ0) is 25.6. The van der Waals surface area contributed by atoms with Crippen LogP contribution < -0.4 is 5.73 Å². The van der Waals surface area contributed by atoms with Crippen molar-refractivity contribution in [2.75, 3.05) is 12.3 Å². The van der Waals surface area contributed by atoms with E-state index in [0.717, 1.165) is 5.56 Å². The molecule has 10 nitrogen and oxygen atoms in total. The van der Waals surface area contributed by atoms with Crippen LogP contribution in [0.1, 0.15) is 39.0 Å². The zero-order valence-corrected chi connectivity index (χ0v) is 22.7. The number of nitrogens with two attached hydrogens (primary N) is 1. The first-order valence-corrected chi connectivity index (χ1v) is 15.8. The third-order valence-electron chi connectivity index (χ3n) is 6.80. The SMILES string of the molecule is Cc1ccc(S(=O)(=O)O[C@@H]2C[C@@H](CO[Si](C)(C)C(C)(C)C)O[C@H]2n2cnc3c(N)ncnc32)cc1. The Balaban J connectivity index is 1.63. The molecule has 0 radical (unpaired) electrons. The van der Waals surface area contributed by atoms with Gasteiger partial charge in [-0.15, -0.1) is 0 Å². The summed E-state index contributed by atoms with van der Waals surface area (Å²) in [7, 11) is -6.07. The van der Waals surface area contributed by atoms with Gasteiger partial charge in [0.05, 0.1) is 23.9 Å². The van der Waals surface area contributed by atoms with E-state index in [4.69, 9.17) is 19.1 Å². The topological polar surface area (TPSA) is 131 Å². The summed E-state index contributed by atoms with van der Waals surface area (Å²) in [6.45, 7) is 13.1. The molecule has 190 valence electrons. The highest BCUT2D eigenvalue weighted by Gasteiger charge is 2.43. The minimum atomic E-state index is -4.04. The first kappa shape index (κ1) is 25.7. The Morgan fingerprint density at radius 2 is 1.86 bits per heavy atom. The molecule has 1 saturated heterocycles. The molecule has 35 heavy (non-hydrogen) atoms. The summed E-state index contributed by atoms with van der Waals surface area (Å²) >= 11 is 0. The number of nitrogens with zero attached hydrogens (tertiary/aromatic N) is 4. The molecule has 1 aliphatic rings. The van der Waals surface area contributed by atoms with Gasteiger partial charge >= 0.3 is 0 Å². The fraction of sp³-hybridized carbons (Fsp3) is 0.522. The smallest absolute Gasteiger partial charge is 0.297 e. The average Bonchev–Trinajstić information content (AvgIpc) is 3.36. The Hall–Kier alpha value is -2.38. The van der Waals surface area contributed by atoms with Crippen LogP contribution in [0, 0.1) is 6.92 Å². The van der Waals surface area contributed by atoms with E-state index in [-0.39, 0.29) is 21.9 Å². The van der Waals surface area contributed by atoms with Crippen LogP contribution in [0.5, 0.6) is 0 Å². The highest BCUT2D eigenvalue weighted by atomic mass is 32.2. The largest absolute Gasteiger partial charge is 0.414 e. The average molecular weight is 520 g/mol. The van der Waals surface area contributed by atoms with Crippen molar-refractivity contribution in [3.63, 3.8) is 0 Å². The summed E-state index contributed by atoms with van der Waals surface area (Å²) in [5, 5.41) is 0.0324. The molecule has 12 heteroatoms. The standard InChI is InChI=1S/C23H33N5O5SSi/c1-15-7-9-17(10-8-15)34(29,30)33-18-11-16(12-31-35(5,6)23(2,3)4)32-22(18)28-14-27-19-20(24)25-13-26-21(19)28/h7-10,13-14,16,18,22H,11-12H2,1-6H3,(H2,24,25,26)/t16-,18+,22+/m0/s1. The lowest BCUT2D eigenvalue weighted by Crippen LogP contribution is -2.42. The van der Waals surface area contributed by atoms with E-state index in [2.05, 4.69) is 48.8 Å². The van der Waals surface area contributed by atoms with E-state index < -0.39 is 30.8 Å². The van der Waals surface area contributed by atoms with E-state index in [0.29, 0.717) is 24.2 Å². The normalized spacial score (nSPS) is 21.6. The van der Waals surface area contributed by atoms with Crippen LogP contribution in [0.4, 0.5) is 5.82 Å². The van der Waals surface area contributed by atoms with Gasteiger partial charge in [0.15, 0.2) is 26.0 Å². The number of fused-ring (bicyclic) bond motifs is 1. The lowest BCUT2D eigenvalue weighted by Gasteiger charge is -2.36. The van der Waals surface area contributed by atoms with Crippen molar-refractivity contribution < 1.29 is 21.8 Å². The van der Waals surface area contributed by atoms with E-state index in [1.165, 1.54) is 24.8 Å². The van der Waals surface area contributed by atoms with Gasteiger partial charge in [-0.25, -0.2) is 15.0 Å². The number of imidazole rings is 1. The molecule has 4 rings (SSSR count). The molecule has 0 amide bonds. The van der Waals surface area contributed by atoms with E-state index in [9.17, 15) is 8.42 Å². The minimum Gasteiger partial charge on any atom is -0.414 e. The third kappa shape index (κ3) is 5.26. The van der Waals surface area contributed by atoms with Crippen molar-refractivity contribution in [1.29, 1.82) is 0 Å². The van der Waals surface area contributed by atoms with Crippen molar-refractivity contribution in [2.45, 2.75) is 75.6 Å². The minimum absolute atomic E-state index is 0.0324. The molecule has 0 spiro atoms. The van der Waals surface area contributed by atoms with Crippen LogP contribution in [0.25, 0.3) is 11.2 Å². The van der Waals surface area contributed by atoms with Gasteiger partial charge in [0.25, 0.3) is 10.1 Å². The van der Waals surface area contributed by atoms with Crippen LogP contribution in [-0.4, -0.2) is 55.1 Å². The van der Waals surface area contributed by atoms with Crippen molar-refractivity contribution in [2.24, 2.45) is 0 Å². The number of hydrogen-bond acceptors (Lipinski definition) is 9. The number of benzene rings is 1. The van der Waals surface area contributed by atoms with Crippen molar-refractivity contribution in [1.82, 2.24) is 19.5 Å². The molecule has 2 N–H and O–H groups in total. The Bertz CT molecular complexity index is 1300. The lowest BCUT2D eigenvalue weighted by molar-refractivity contribution is -0.0410. The summed E-state index contributed by atoms with van der Waals surface area (Å²) in [6, 6.07) is 6.54. The van der Waals surface area contributed by atoms with Crippen molar-refractivity contribution >= 4 is 35.4 Å². The molecule has 1 aromatic carbocycles. The van der Waals surface area contributed by atoms with Gasteiger partial charge in [0, 0.05) is 6.42 Å². The fourth-order valence-corrected chi connectivity index (χ4v) is 5.77. The second-order valence-electron chi connectivity index (χ2n) is 10.4. The molecule has 1 fully saturated rings. The Morgan fingerprint density at radius 1 is 1.17 bits per heavy atom. The zero-order valence-electron chi connectivity index (χ0n) is 20.9. The van der Waals surface area contributed by atoms with Gasteiger partial charge in [0.1, 0.15) is 17.9 Å². The molecular formula is C23H33N5O5SSi. The molecule has 0 aliphatic carbocycles. The Labute approximate surface area is 207 Å². The predicted octanol–water partition coefficient (Wildman–Crippen LogP) is 3.80. The monoisotopic (exact) mass is 519 g/mol. The number of anilines is 1. The van der Waals surface area contributed by atoms with Gasteiger partial charge in [-0.05, 0) is 37.2 Å². The summed E-state index contributed by atoms with van der Waals surface area (Å²) < 4.78 is 46.3. The maximum atomic E-state index is 13.1. The number of aromatic nitrogens is 4. The quantitative estimate of drug-likeness (QED) is 0.366. The number of rotatable bonds is 7. The van der Waals surface area contributed by atoms with Gasteiger partial charge in [-0.2, -0.15) is 8.42 Å². The van der Waals surface area contributed by atoms with Gasteiger partial charge < -0.3 is 14.9 Å². The first-order chi connectivity index (χ1) is 16.3. The van der Waals surface area contributed by atoms with Crippen molar-refractivity contribution in [3.8, 4) is 0 Å². The second kappa shape index (κ2) is 9.25. The molecule has 0 bridgehead atoms. The molecule has 3 heterocycles. The number of nitrogen functional groups attached to an aromatic ring is 1. The first-order valence-electron chi connectivity index (χ1n) is 11.5. The van der Waals surface area contributed by atoms with Gasteiger partial charge in [0.2, 0.25) is 0 Å². The van der Waals surface area contributed by atoms with Gasteiger partial charge in [-0.1, -0.05) is 38.5 Å². The van der Waals surface area contributed by atoms with Gasteiger partial charge in [-0.3, -0.25) is 8.75 Å². The lowest BCUT2D eigenvalue weighted by atomic mass is 10.2. The maximum absolute atomic E-state index is 13.1.